The predicted octanol–water partition coefficient (Wildman–Crippen LogP) is 3.00. The van der Waals surface area contributed by atoms with Gasteiger partial charge in [0, 0.05) is 38.8 Å². The highest BCUT2D eigenvalue weighted by Crippen LogP contribution is 2.15. The Labute approximate surface area is 123 Å². The van der Waals surface area contributed by atoms with Gasteiger partial charge in [0.2, 0.25) is 0 Å². The van der Waals surface area contributed by atoms with Crippen LogP contribution in [0.25, 0.3) is 0 Å². The summed E-state index contributed by atoms with van der Waals surface area (Å²) in [5.74, 6) is 0.970. The molecule has 3 heteroatoms. The van der Waals surface area contributed by atoms with Crippen molar-refractivity contribution in [3.63, 3.8) is 0 Å². The molecule has 0 amide bonds. The van der Waals surface area contributed by atoms with Gasteiger partial charge in [0.05, 0.1) is 6.61 Å². The van der Waals surface area contributed by atoms with Crippen LogP contribution in [-0.4, -0.2) is 48.6 Å². The molecule has 1 saturated heterocycles. The molecule has 1 fully saturated rings. The monoisotopic (exact) mass is 276 g/mol. The van der Waals surface area contributed by atoms with E-state index in [1.54, 1.807) is 0 Å². The van der Waals surface area contributed by atoms with Crippen molar-refractivity contribution in [3.8, 4) is 5.75 Å². The molecule has 0 radical (unpaired) electrons. The predicted molar refractivity (Wildman–Crippen MR) is 84.2 cm³/mol. The summed E-state index contributed by atoms with van der Waals surface area (Å²) in [4.78, 5) is 5.16. The molecule has 0 N–H and O–H groups in total. The lowest BCUT2D eigenvalue weighted by Crippen LogP contribution is -2.48. The second-order valence-corrected chi connectivity index (χ2v) is 5.65. The number of rotatable bonds is 6. The zero-order valence-electron chi connectivity index (χ0n) is 13.1. The molecular formula is C17H28N2O. The molecular weight excluding hydrogens is 248 g/mol. The van der Waals surface area contributed by atoms with E-state index < -0.39 is 0 Å². The summed E-state index contributed by atoms with van der Waals surface area (Å²) >= 11 is 0. The molecule has 0 unspecified atom stereocenters. The highest BCUT2D eigenvalue weighted by atomic mass is 16.5. The smallest absolute Gasteiger partial charge is 0.119 e. The number of hydrogen-bond acceptors (Lipinski definition) is 3. The van der Waals surface area contributed by atoms with E-state index in [0.717, 1.165) is 24.9 Å². The van der Waals surface area contributed by atoms with E-state index >= 15 is 0 Å². The van der Waals surface area contributed by atoms with Crippen LogP contribution in [0.15, 0.2) is 24.3 Å². The Kier molecular flexibility index (Phi) is 5.86. The van der Waals surface area contributed by atoms with Crippen LogP contribution in [0.5, 0.6) is 5.75 Å². The first-order chi connectivity index (χ1) is 9.72. The van der Waals surface area contributed by atoms with E-state index in [-0.39, 0.29) is 0 Å². The first-order valence-corrected chi connectivity index (χ1v) is 7.91. The van der Waals surface area contributed by atoms with Crippen molar-refractivity contribution in [2.24, 2.45) is 0 Å². The van der Waals surface area contributed by atoms with Crippen LogP contribution in [-0.2, 0) is 6.54 Å². The Hall–Kier alpha value is -1.06. The maximum atomic E-state index is 5.48. The third-order valence-electron chi connectivity index (χ3n) is 4.26. The van der Waals surface area contributed by atoms with E-state index in [9.17, 15) is 0 Å². The second-order valence-electron chi connectivity index (χ2n) is 5.65. The minimum Gasteiger partial charge on any atom is -0.494 e. The number of ether oxygens (including phenoxy) is 1. The summed E-state index contributed by atoms with van der Waals surface area (Å²) < 4.78 is 5.48. The zero-order valence-corrected chi connectivity index (χ0v) is 13.1. The molecule has 3 nitrogen and oxygen atoms in total. The van der Waals surface area contributed by atoms with Crippen LogP contribution < -0.4 is 4.74 Å². The van der Waals surface area contributed by atoms with Gasteiger partial charge < -0.3 is 4.74 Å². The van der Waals surface area contributed by atoms with Crippen molar-refractivity contribution < 1.29 is 4.74 Å². The minimum absolute atomic E-state index is 0.725. The number of hydrogen-bond donors (Lipinski definition) is 0. The molecule has 1 atom stereocenters. The van der Waals surface area contributed by atoms with Gasteiger partial charge in [-0.15, -0.1) is 0 Å². The second kappa shape index (κ2) is 7.65. The lowest BCUT2D eigenvalue weighted by Gasteiger charge is -2.37. The summed E-state index contributed by atoms with van der Waals surface area (Å²) in [5, 5.41) is 0. The van der Waals surface area contributed by atoms with Gasteiger partial charge in [-0.25, -0.2) is 0 Å². The van der Waals surface area contributed by atoms with Gasteiger partial charge in [-0.1, -0.05) is 19.1 Å². The molecule has 0 aromatic heterocycles. The molecule has 1 aromatic carbocycles. The van der Waals surface area contributed by atoms with Crippen molar-refractivity contribution in [3.05, 3.63) is 29.8 Å². The van der Waals surface area contributed by atoms with Gasteiger partial charge in [0.1, 0.15) is 5.75 Å². The molecule has 0 saturated carbocycles. The lowest BCUT2D eigenvalue weighted by molar-refractivity contribution is 0.0963. The standard InChI is InChI=1S/C17H28N2O/c1-4-15(3)19-12-10-18(11-13-19)14-16-6-8-17(9-7-16)20-5-2/h6-9,15H,4-5,10-14H2,1-3H3/t15-/m1/s1. The van der Waals surface area contributed by atoms with Crippen molar-refractivity contribution >= 4 is 0 Å². The normalized spacial score (nSPS) is 18.9. The number of piperazine rings is 1. The van der Waals surface area contributed by atoms with Crippen molar-refractivity contribution in [2.75, 3.05) is 32.8 Å². The van der Waals surface area contributed by atoms with E-state index in [1.165, 1.54) is 38.2 Å². The average molecular weight is 276 g/mol. The average Bonchev–Trinajstić information content (AvgIpc) is 2.49. The summed E-state index contributed by atoms with van der Waals surface area (Å²) in [5.41, 5.74) is 1.38. The van der Waals surface area contributed by atoms with Crippen LogP contribution in [0.2, 0.25) is 0 Å². The van der Waals surface area contributed by atoms with E-state index in [1.807, 2.05) is 6.92 Å². The number of benzene rings is 1. The van der Waals surface area contributed by atoms with Crippen molar-refractivity contribution in [1.82, 2.24) is 9.80 Å². The van der Waals surface area contributed by atoms with Gasteiger partial charge in [0.15, 0.2) is 0 Å². The van der Waals surface area contributed by atoms with Gasteiger partial charge in [-0.2, -0.15) is 0 Å². The molecule has 1 aliphatic rings. The minimum atomic E-state index is 0.725. The Morgan fingerprint density at radius 1 is 1.05 bits per heavy atom. The van der Waals surface area contributed by atoms with Crippen molar-refractivity contribution in [2.45, 2.75) is 39.8 Å². The molecule has 1 aliphatic heterocycles. The van der Waals surface area contributed by atoms with Crippen LogP contribution in [0.3, 0.4) is 0 Å². The van der Waals surface area contributed by atoms with E-state index in [0.29, 0.717) is 0 Å². The molecule has 112 valence electrons. The van der Waals surface area contributed by atoms with E-state index in [4.69, 9.17) is 4.74 Å². The third kappa shape index (κ3) is 4.22. The van der Waals surface area contributed by atoms with E-state index in [2.05, 4.69) is 47.9 Å². The first kappa shape index (κ1) is 15.3. The topological polar surface area (TPSA) is 15.7 Å². The zero-order chi connectivity index (χ0) is 14.4. The van der Waals surface area contributed by atoms with Crippen LogP contribution >= 0.6 is 0 Å². The first-order valence-electron chi connectivity index (χ1n) is 7.91. The molecule has 20 heavy (non-hydrogen) atoms. The number of nitrogens with zero attached hydrogens (tertiary/aromatic N) is 2. The highest BCUT2D eigenvalue weighted by Gasteiger charge is 2.19. The Morgan fingerprint density at radius 2 is 1.70 bits per heavy atom. The van der Waals surface area contributed by atoms with Gasteiger partial charge in [-0.05, 0) is 38.0 Å². The van der Waals surface area contributed by atoms with Crippen molar-refractivity contribution in [1.29, 1.82) is 0 Å². The summed E-state index contributed by atoms with van der Waals surface area (Å²) in [6.07, 6.45) is 1.25. The maximum Gasteiger partial charge on any atom is 0.119 e. The van der Waals surface area contributed by atoms with Crippen LogP contribution in [0, 0.1) is 0 Å². The van der Waals surface area contributed by atoms with Gasteiger partial charge in [-0.3, -0.25) is 9.80 Å². The lowest BCUT2D eigenvalue weighted by atomic mass is 10.1. The summed E-state index contributed by atoms with van der Waals surface area (Å²) in [7, 11) is 0. The summed E-state index contributed by atoms with van der Waals surface area (Å²) in [6, 6.07) is 9.25. The Bertz CT molecular complexity index is 382. The Morgan fingerprint density at radius 3 is 2.25 bits per heavy atom. The quantitative estimate of drug-likeness (QED) is 0.794. The fraction of sp³-hybridized carbons (Fsp3) is 0.647. The molecule has 0 spiro atoms. The molecule has 0 bridgehead atoms. The van der Waals surface area contributed by atoms with Gasteiger partial charge >= 0.3 is 0 Å². The molecule has 0 aliphatic carbocycles. The highest BCUT2D eigenvalue weighted by molar-refractivity contribution is 5.27. The third-order valence-corrected chi connectivity index (χ3v) is 4.26. The fourth-order valence-corrected chi connectivity index (χ4v) is 2.74. The SMILES string of the molecule is CCOc1ccc(CN2CCN([C@H](C)CC)CC2)cc1. The van der Waals surface area contributed by atoms with Crippen LogP contribution in [0.4, 0.5) is 0 Å². The molecule has 1 aromatic rings. The Balaban J connectivity index is 1.80. The van der Waals surface area contributed by atoms with Gasteiger partial charge in [0.25, 0.3) is 0 Å². The maximum absolute atomic E-state index is 5.48. The summed E-state index contributed by atoms with van der Waals surface area (Å²) in [6.45, 7) is 13.2. The fourth-order valence-electron chi connectivity index (χ4n) is 2.74. The molecule has 1 heterocycles. The van der Waals surface area contributed by atoms with Crippen LogP contribution in [0.1, 0.15) is 32.8 Å². The molecule has 2 rings (SSSR count). The largest absolute Gasteiger partial charge is 0.494 e.